The van der Waals surface area contributed by atoms with Gasteiger partial charge >= 0.3 is 5.97 Å². The fraction of sp³-hybridized carbons (Fsp3) is 0.625. The molecule has 0 aromatic carbocycles. The predicted molar refractivity (Wildman–Crippen MR) is 80.6 cm³/mol. The molecule has 1 aliphatic carbocycles. The number of carbonyl (C=O) groups excluding carboxylic acids is 2. The van der Waals surface area contributed by atoms with Gasteiger partial charge in [0.15, 0.2) is 0 Å². The molecule has 0 unspecified atom stereocenters. The van der Waals surface area contributed by atoms with Crippen LogP contribution < -0.4 is 5.32 Å². The van der Waals surface area contributed by atoms with Gasteiger partial charge in [0.2, 0.25) is 5.91 Å². The summed E-state index contributed by atoms with van der Waals surface area (Å²) in [5.74, 6) is -0.390. The molecule has 1 N–H and O–H groups in total. The Balaban J connectivity index is 3.08. The van der Waals surface area contributed by atoms with E-state index in [0.29, 0.717) is 18.4 Å². The van der Waals surface area contributed by atoms with E-state index in [4.69, 9.17) is 9.47 Å². The van der Waals surface area contributed by atoms with Gasteiger partial charge in [-0.2, -0.15) is 0 Å². The van der Waals surface area contributed by atoms with E-state index >= 15 is 0 Å². The number of rotatable bonds is 6. The minimum Gasteiger partial charge on any atom is -0.466 e. The molecule has 1 aliphatic rings. The average Bonchev–Trinajstić information content (AvgIpc) is 2.40. The van der Waals surface area contributed by atoms with Gasteiger partial charge in [0.05, 0.1) is 25.4 Å². The summed E-state index contributed by atoms with van der Waals surface area (Å²) >= 11 is 0. The van der Waals surface area contributed by atoms with Crippen LogP contribution in [0.2, 0.25) is 0 Å². The van der Waals surface area contributed by atoms with Gasteiger partial charge < -0.3 is 14.8 Å². The highest BCUT2D eigenvalue weighted by atomic mass is 16.5. The van der Waals surface area contributed by atoms with E-state index in [1.54, 1.807) is 12.2 Å². The Kier molecular flexibility index (Phi) is 6.62. The lowest BCUT2D eigenvalue weighted by Crippen LogP contribution is -2.51. The van der Waals surface area contributed by atoms with Crippen molar-refractivity contribution in [1.82, 2.24) is 5.32 Å². The van der Waals surface area contributed by atoms with Crippen molar-refractivity contribution in [3.63, 3.8) is 0 Å². The molecule has 0 saturated heterocycles. The lowest BCUT2D eigenvalue weighted by Gasteiger charge is -2.37. The van der Waals surface area contributed by atoms with Crippen LogP contribution in [-0.4, -0.2) is 37.2 Å². The fourth-order valence-electron chi connectivity index (χ4n) is 2.65. The third-order valence-corrected chi connectivity index (χ3v) is 3.43. The van der Waals surface area contributed by atoms with Gasteiger partial charge in [-0.15, -0.1) is 6.58 Å². The largest absolute Gasteiger partial charge is 0.466 e. The Morgan fingerprint density at radius 3 is 2.67 bits per heavy atom. The summed E-state index contributed by atoms with van der Waals surface area (Å²) in [6.07, 6.45) is 4.45. The highest BCUT2D eigenvalue weighted by Crippen LogP contribution is 2.30. The predicted octanol–water partition coefficient (Wildman–Crippen LogP) is 1.98. The lowest BCUT2D eigenvalue weighted by atomic mass is 9.80. The van der Waals surface area contributed by atoms with Crippen LogP contribution in [0.4, 0.5) is 0 Å². The van der Waals surface area contributed by atoms with Gasteiger partial charge in [0, 0.05) is 12.5 Å². The molecule has 0 spiro atoms. The van der Waals surface area contributed by atoms with Crippen LogP contribution in [0.1, 0.15) is 33.6 Å². The fourth-order valence-corrected chi connectivity index (χ4v) is 2.65. The first-order valence-corrected chi connectivity index (χ1v) is 7.21. The standard InChI is InChI=1S/C16H25NO4/c1-6-7-12-8-13(16(19)20-5)9-14(21-10(2)3)15(12)17-11(4)18/h6,9-10,12,14-15H,1,7-8H2,2-5H3,(H,17,18)/t12-,14+,15+/m0/s1. The zero-order valence-corrected chi connectivity index (χ0v) is 13.2. The van der Waals surface area contributed by atoms with E-state index < -0.39 is 0 Å². The molecule has 0 bridgehead atoms. The van der Waals surface area contributed by atoms with Crippen LogP contribution in [0.5, 0.6) is 0 Å². The molecular formula is C16H25NO4. The Bertz CT molecular complexity index is 428. The number of nitrogens with one attached hydrogen (secondary N) is 1. The highest BCUT2D eigenvalue weighted by molar-refractivity contribution is 5.88. The number of esters is 1. The molecule has 1 amide bonds. The molecule has 3 atom stereocenters. The molecule has 0 heterocycles. The number of carbonyl (C=O) groups is 2. The van der Waals surface area contributed by atoms with E-state index in [2.05, 4.69) is 11.9 Å². The van der Waals surface area contributed by atoms with E-state index in [1.165, 1.54) is 14.0 Å². The second-order valence-electron chi connectivity index (χ2n) is 5.55. The van der Waals surface area contributed by atoms with Crippen LogP contribution in [0.25, 0.3) is 0 Å². The number of allylic oxidation sites excluding steroid dienone is 1. The molecule has 0 saturated carbocycles. The molecular weight excluding hydrogens is 270 g/mol. The zero-order valence-electron chi connectivity index (χ0n) is 13.2. The van der Waals surface area contributed by atoms with Crippen LogP contribution in [-0.2, 0) is 19.1 Å². The first-order valence-electron chi connectivity index (χ1n) is 7.21. The summed E-state index contributed by atoms with van der Waals surface area (Å²) in [6, 6.07) is -0.170. The Morgan fingerprint density at radius 2 is 2.19 bits per heavy atom. The summed E-state index contributed by atoms with van der Waals surface area (Å²) in [5, 5.41) is 2.94. The zero-order chi connectivity index (χ0) is 16.0. The van der Waals surface area contributed by atoms with Crippen LogP contribution in [0.3, 0.4) is 0 Å². The molecule has 0 fully saturated rings. The van der Waals surface area contributed by atoms with E-state index in [9.17, 15) is 9.59 Å². The number of amides is 1. The maximum Gasteiger partial charge on any atom is 0.333 e. The van der Waals surface area contributed by atoms with Crippen LogP contribution >= 0.6 is 0 Å². The molecule has 21 heavy (non-hydrogen) atoms. The van der Waals surface area contributed by atoms with Gasteiger partial charge in [-0.05, 0) is 38.7 Å². The van der Waals surface area contributed by atoms with Crippen LogP contribution in [0, 0.1) is 5.92 Å². The van der Waals surface area contributed by atoms with Gasteiger partial charge in [-0.1, -0.05) is 6.08 Å². The molecule has 0 radical (unpaired) electrons. The summed E-state index contributed by atoms with van der Waals surface area (Å²) in [6.45, 7) is 9.09. The third kappa shape index (κ3) is 5.01. The van der Waals surface area contributed by atoms with E-state index in [-0.39, 0.29) is 36.0 Å². The first-order chi connectivity index (χ1) is 9.88. The topological polar surface area (TPSA) is 64.6 Å². The maximum atomic E-state index is 11.8. The molecule has 0 aromatic rings. The van der Waals surface area contributed by atoms with Crippen molar-refractivity contribution in [2.45, 2.75) is 51.9 Å². The molecule has 5 nitrogen and oxygen atoms in total. The number of methoxy groups -OCH3 is 1. The highest BCUT2D eigenvalue weighted by Gasteiger charge is 2.36. The summed E-state index contributed by atoms with van der Waals surface area (Å²) < 4.78 is 10.7. The normalized spacial score (nSPS) is 25.2. The van der Waals surface area contributed by atoms with Crippen molar-refractivity contribution in [2.75, 3.05) is 7.11 Å². The van der Waals surface area contributed by atoms with Crippen LogP contribution in [0.15, 0.2) is 24.3 Å². The molecule has 0 aromatic heterocycles. The molecule has 5 heteroatoms. The van der Waals surface area contributed by atoms with Gasteiger partial charge in [0.1, 0.15) is 0 Å². The quantitative estimate of drug-likeness (QED) is 0.601. The van der Waals surface area contributed by atoms with Gasteiger partial charge in [-0.25, -0.2) is 4.79 Å². The number of ether oxygens (including phenoxy) is 2. The minimum absolute atomic E-state index is 0.0103. The Morgan fingerprint density at radius 1 is 1.52 bits per heavy atom. The molecule has 118 valence electrons. The van der Waals surface area contributed by atoms with E-state index in [1.807, 2.05) is 13.8 Å². The summed E-state index contributed by atoms with van der Waals surface area (Å²) in [4.78, 5) is 23.3. The lowest BCUT2D eigenvalue weighted by molar-refractivity contribution is -0.136. The molecule has 1 rings (SSSR count). The summed E-state index contributed by atoms with van der Waals surface area (Å²) in [7, 11) is 1.36. The number of hydrogen-bond donors (Lipinski definition) is 1. The van der Waals surface area contributed by atoms with Gasteiger partial charge in [0.25, 0.3) is 0 Å². The SMILES string of the molecule is C=CC[C@H]1CC(C(=O)OC)=C[C@@H](OC(C)C)[C@@H]1NC(C)=O. The van der Waals surface area contributed by atoms with Crippen molar-refractivity contribution in [1.29, 1.82) is 0 Å². The van der Waals surface area contributed by atoms with Crippen molar-refractivity contribution < 1.29 is 19.1 Å². The number of hydrogen-bond acceptors (Lipinski definition) is 4. The van der Waals surface area contributed by atoms with Crippen molar-refractivity contribution in [2.24, 2.45) is 5.92 Å². The average molecular weight is 295 g/mol. The smallest absolute Gasteiger partial charge is 0.333 e. The Hall–Kier alpha value is -1.62. The molecule has 0 aliphatic heterocycles. The van der Waals surface area contributed by atoms with Crippen molar-refractivity contribution in [3.8, 4) is 0 Å². The second kappa shape index (κ2) is 7.98. The minimum atomic E-state index is -0.346. The maximum absolute atomic E-state index is 11.8. The Labute approximate surface area is 126 Å². The first kappa shape index (κ1) is 17.4. The monoisotopic (exact) mass is 295 g/mol. The van der Waals surface area contributed by atoms with E-state index in [0.717, 1.165) is 0 Å². The van der Waals surface area contributed by atoms with Gasteiger partial charge in [-0.3, -0.25) is 4.79 Å². The summed E-state index contributed by atoms with van der Waals surface area (Å²) in [5.41, 5.74) is 0.594. The van der Waals surface area contributed by atoms with Crippen molar-refractivity contribution in [3.05, 3.63) is 24.3 Å². The second-order valence-corrected chi connectivity index (χ2v) is 5.55. The van der Waals surface area contributed by atoms with Crippen molar-refractivity contribution >= 4 is 11.9 Å². The third-order valence-electron chi connectivity index (χ3n) is 3.43.